The fourth-order valence-electron chi connectivity index (χ4n) is 3.46. The zero-order valence-corrected chi connectivity index (χ0v) is 15.2. The van der Waals surface area contributed by atoms with E-state index in [0.29, 0.717) is 12.4 Å². The lowest BCUT2D eigenvalue weighted by Crippen LogP contribution is -2.30. The lowest BCUT2D eigenvalue weighted by Gasteiger charge is -2.21. The minimum Gasteiger partial charge on any atom is -0.321 e. The molecule has 134 valence electrons. The Morgan fingerprint density at radius 2 is 2.15 bits per heavy atom. The second-order valence-corrected chi connectivity index (χ2v) is 6.67. The Hall–Kier alpha value is -2.96. The van der Waals surface area contributed by atoms with Crippen LogP contribution in [-0.2, 0) is 11.3 Å². The molecular weight excluding hydrogens is 328 g/mol. The zero-order chi connectivity index (χ0) is 18.3. The average Bonchev–Trinajstić information content (AvgIpc) is 3.16. The number of hydrogen-bond donors (Lipinski definition) is 1. The Balaban J connectivity index is 1.67. The molecule has 3 aromatic rings. The van der Waals surface area contributed by atoms with E-state index in [4.69, 9.17) is 0 Å². The van der Waals surface area contributed by atoms with E-state index in [0.717, 1.165) is 40.9 Å². The van der Waals surface area contributed by atoms with Crippen LogP contribution in [0, 0.1) is 6.92 Å². The molecule has 1 atom stereocenters. The van der Waals surface area contributed by atoms with Crippen LogP contribution in [0.25, 0.3) is 10.9 Å². The number of aryl methyl sites for hydroxylation is 1. The Morgan fingerprint density at radius 1 is 1.31 bits per heavy atom. The summed E-state index contributed by atoms with van der Waals surface area (Å²) in [4.78, 5) is 23.1. The summed E-state index contributed by atoms with van der Waals surface area (Å²) < 4.78 is 1.92. The predicted octanol–water partition coefficient (Wildman–Crippen LogP) is 3.41. The Kier molecular flexibility index (Phi) is 4.06. The Bertz CT molecular complexity index is 979. The maximum absolute atomic E-state index is 12.2. The van der Waals surface area contributed by atoms with Crippen molar-refractivity contribution >= 4 is 34.1 Å². The third-order valence-electron chi connectivity index (χ3n) is 4.98. The number of carbonyl (C=O) groups excluding carboxylic acids is 1. The molecule has 1 aromatic carbocycles. The first-order valence-electron chi connectivity index (χ1n) is 8.95. The molecule has 1 amide bonds. The highest BCUT2D eigenvalue weighted by molar-refractivity contribution is 5.98. The highest BCUT2D eigenvalue weighted by Gasteiger charge is 2.28. The van der Waals surface area contributed by atoms with Crippen LogP contribution in [-0.4, -0.2) is 31.7 Å². The maximum Gasteiger partial charge on any atom is 0.227 e. The summed E-state index contributed by atoms with van der Waals surface area (Å²) in [5.41, 5.74) is 3.65. The molecule has 0 bridgehead atoms. The molecule has 1 aliphatic heterocycles. The van der Waals surface area contributed by atoms with Crippen molar-refractivity contribution in [2.45, 2.75) is 46.2 Å². The smallest absolute Gasteiger partial charge is 0.227 e. The second-order valence-electron chi connectivity index (χ2n) is 6.67. The van der Waals surface area contributed by atoms with Crippen molar-refractivity contribution in [2.24, 2.45) is 0 Å². The van der Waals surface area contributed by atoms with Crippen LogP contribution < -0.4 is 10.2 Å². The summed E-state index contributed by atoms with van der Waals surface area (Å²) in [7, 11) is 0. The number of amides is 1. The minimum absolute atomic E-state index is 0.173. The van der Waals surface area contributed by atoms with Gasteiger partial charge in [0.1, 0.15) is 0 Å². The molecule has 0 saturated carbocycles. The largest absolute Gasteiger partial charge is 0.321 e. The number of benzene rings is 1. The van der Waals surface area contributed by atoms with Gasteiger partial charge in [0.25, 0.3) is 0 Å². The standard InChI is InChI=1S/C19H22N6O/c1-4-24-13(3)17(11-21-24)23-19-20-10-14-6-7-15(9-16(14)22-19)25-12(2)5-8-18(25)26/h6-7,9-12H,4-5,8H2,1-3H3,(H,20,22,23). The van der Waals surface area contributed by atoms with E-state index in [1.807, 2.05) is 34.7 Å². The molecule has 1 saturated heterocycles. The fraction of sp³-hybridized carbons (Fsp3) is 0.368. The first kappa shape index (κ1) is 16.5. The van der Waals surface area contributed by atoms with E-state index >= 15 is 0 Å². The van der Waals surface area contributed by atoms with Gasteiger partial charge in [-0.25, -0.2) is 9.97 Å². The molecule has 0 radical (unpaired) electrons. The maximum atomic E-state index is 12.2. The summed E-state index contributed by atoms with van der Waals surface area (Å²) >= 11 is 0. The van der Waals surface area contributed by atoms with Gasteiger partial charge in [0.05, 0.1) is 23.1 Å². The molecular formula is C19H22N6O. The van der Waals surface area contributed by atoms with Crippen molar-refractivity contribution in [3.05, 3.63) is 36.3 Å². The van der Waals surface area contributed by atoms with Crippen LogP contribution in [0.5, 0.6) is 0 Å². The second kappa shape index (κ2) is 6.40. The van der Waals surface area contributed by atoms with Gasteiger partial charge in [-0.2, -0.15) is 5.10 Å². The molecule has 7 nitrogen and oxygen atoms in total. The molecule has 3 heterocycles. The molecule has 1 unspecified atom stereocenters. The predicted molar refractivity (Wildman–Crippen MR) is 102 cm³/mol. The van der Waals surface area contributed by atoms with Crippen LogP contribution >= 0.6 is 0 Å². The van der Waals surface area contributed by atoms with Gasteiger partial charge < -0.3 is 10.2 Å². The quantitative estimate of drug-likeness (QED) is 0.780. The number of hydrogen-bond acceptors (Lipinski definition) is 5. The Labute approximate surface area is 152 Å². The first-order valence-corrected chi connectivity index (χ1v) is 8.95. The van der Waals surface area contributed by atoms with Gasteiger partial charge in [-0.15, -0.1) is 0 Å². The zero-order valence-electron chi connectivity index (χ0n) is 15.2. The highest BCUT2D eigenvalue weighted by Crippen LogP contribution is 2.29. The molecule has 1 fully saturated rings. The molecule has 2 aromatic heterocycles. The van der Waals surface area contributed by atoms with E-state index in [1.165, 1.54) is 0 Å². The molecule has 26 heavy (non-hydrogen) atoms. The van der Waals surface area contributed by atoms with Crippen molar-refractivity contribution in [2.75, 3.05) is 10.2 Å². The number of nitrogens with zero attached hydrogens (tertiary/aromatic N) is 5. The van der Waals surface area contributed by atoms with Crippen LogP contribution in [0.2, 0.25) is 0 Å². The SMILES string of the molecule is CCn1ncc(Nc2ncc3ccc(N4C(=O)CCC4C)cc3n2)c1C. The van der Waals surface area contributed by atoms with Crippen molar-refractivity contribution in [3.63, 3.8) is 0 Å². The fourth-order valence-corrected chi connectivity index (χ4v) is 3.46. The number of rotatable bonds is 4. The van der Waals surface area contributed by atoms with Crippen LogP contribution in [0.3, 0.4) is 0 Å². The van der Waals surface area contributed by atoms with Crippen LogP contribution in [0.1, 0.15) is 32.4 Å². The van der Waals surface area contributed by atoms with E-state index in [1.54, 1.807) is 12.4 Å². The lowest BCUT2D eigenvalue weighted by atomic mass is 10.2. The molecule has 7 heteroatoms. The average molecular weight is 350 g/mol. The minimum atomic E-state index is 0.173. The number of anilines is 3. The third kappa shape index (κ3) is 2.79. The van der Waals surface area contributed by atoms with Gasteiger partial charge in [-0.05, 0) is 45.4 Å². The van der Waals surface area contributed by atoms with E-state index in [2.05, 4.69) is 34.2 Å². The molecule has 4 rings (SSSR count). The van der Waals surface area contributed by atoms with E-state index in [-0.39, 0.29) is 11.9 Å². The highest BCUT2D eigenvalue weighted by atomic mass is 16.2. The molecule has 1 N–H and O–H groups in total. The summed E-state index contributed by atoms with van der Waals surface area (Å²) in [6.45, 7) is 6.96. The van der Waals surface area contributed by atoms with Crippen molar-refractivity contribution in [3.8, 4) is 0 Å². The number of fused-ring (bicyclic) bond motifs is 1. The van der Waals surface area contributed by atoms with Crippen molar-refractivity contribution < 1.29 is 4.79 Å². The monoisotopic (exact) mass is 350 g/mol. The number of aromatic nitrogens is 4. The summed E-state index contributed by atoms with van der Waals surface area (Å²) in [5.74, 6) is 0.695. The van der Waals surface area contributed by atoms with Gasteiger partial charge >= 0.3 is 0 Å². The van der Waals surface area contributed by atoms with E-state index in [9.17, 15) is 4.79 Å². The third-order valence-corrected chi connectivity index (χ3v) is 4.98. The van der Waals surface area contributed by atoms with Crippen molar-refractivity contribution in [1.82, 2.24) is 19.7 Å². The lowest BCUT2D eigenvalue weighted by molar-refractivity contribution is -0.117. The molecule has 1 aliphatic rings. The first-order chi connectivity index (χ1) is 12.6. The van der Waals surface area contributed by atoms with Gasteiger partial charge in [0.2, 0.25) is 11.9 Å². The topological polar surface area (TPSA) is 75.9 Å². The summed E-state index contributed by atoms with van der Waals surface area (Å²) in [6, 6.07) is 6.12. The van der Waals surface area contributed by atoms with Crippen LogP contribution in [0.4, 0.5) is 17.3 Å². The number of carbonyl (C=O) groups is 1. The van der Waals surface area contributed by atoms with Gasteiger partial charge in [-0.3, -0.25) is 9.48 Å². The molecule has 0 spiro atoms. The van der Waals surface area contributed by atoms with Gasteiger partial charge in [0, 0.05) is 36.3 Å². The van der Waals surface area contributed by atoms with E-state index < -0.39 is 0 Å². The summed E-state index contributed by atoms with van der Waals surface area (Å²) in [5, 5.41) is 8.51. The van der Waals surface area contributed by atoms with Gasteiger partial charge in [0.15, 0.2) is 0 Å². The number of nitrogens with one attached hydrogen (secondary N) is 1. The van der Waals surface area contributed by atoms with Gasteiger partial charge in [-0.1, -0.05) is 0 Å². The normalized spacial score (nSPS) is 17.3. The Morgan fingerprint density at radius 3 is 2.85 bits per heavy atom. The van der Waals surface area contributed by atoms with Crippen molar-refractivity contribution in [1.29, 1.82) is 0 Å². The van der Waals surface area contributed by atoms with Crippen LogP contribution in [0.15, 0.2) is 30.6 Å². The summed E-state index contributed by atoms with van der Waals surface area (Å²) in [6.07, 6.45) is 5.08. The molecule has 0 aliphatic carbocycles.